The summed E-state index contributed by atoms with van der Waals surface area (Å²) in [5.41, 5.74) is 0. The number of rotatable bonds is 4. The van der Waals surface area contributed by atoms with Crippen LogP contribution in [-0.4, -0.2) is 28.1 Å². The Bertz CT molecular complexity index is 481. The molecule has 0 atom stereocenters. The van der Waals surface area contributed by atoms with E-state index < -0.39 is 5.97 Å². The molecule has 20 heavy (non-hydrogen) atoms. The molecule has 1 aromatic heterocycles. The van der Waals surface area contributed by atoms with Crippen LogP contribution in [-0.2, 0) is 11.3 Å². The molecule has 2 rings (SSSR count). The van der Waals surface area contributed by atoms with Crippen molar-refractivity contribution in [2.75, 3.05) is 0 Å². The number of carboxylic acids is 1. The molecule has 0 aliphatic heterocycles. The Morgan fingerprint density at radius 1 is 1.40 bits per heavy atom. The summed E-state index contributed by atoms with van der Waals surface area (Å²) in [6, 6.07) is -0.122. The number of carboxylic acid groups (broad SMARTS) is 1. The van der Waals surface area contributed by atoms with Gasteiger partial charge in [0.15, 0.2) is 0 Å². The van der Waals surface area contributed by atoms with Gasteiger partial charge in [0.2, 0.25) is 0 Å². The lowest BCUT2D eigenvalue weighted by Crippen LogP contribution is -2.43. The van der Waals surface area contributed by atoms with Crippen LogP contribution in [0, 0.1) is 12.8 Å². The van der Waals surface area contributed by atoms with Crippen molar-refractivity contribution in [3.63, 3.8) is 0 Å². The van der Waals surface area contributed by atoms with Gasteiger partial charge in [-0.2, -0.15) is 0 Å². The van der Waals surface area contributed by atoms with Crippen LogP contribution in [0.25, 0.3) is 0 Å². The molecular formula is C13H19N3O3S. The summed E-state index contributed by atoms with van der Waals surface area (Å²) in [4.78, 5) is 27.7. The fraction of sp³-hybridized carbons (Fsp3) is 0.615. The molecule has 0 radical (unpaired) electrons. The summed E-state index contributed by atoms with van der Waals surface area (Å²) in [6.07, 6.45) is 4.48. The average Bonchev–Trinajstić information content (AvgIpc) is 2.83. The van der Waals surface area contributed by atoms with E-state index in [0.717, 1.165) is 22.7 Å². The maximum Gasteiger partial charge on any atom is 0.315 e. The second-order valence-corrected chi connectivity index (χ2v) is 6.38. The van der Waals surface area contributed by atoms with Crippen molar-refractivity contribution in [2.24, 2.45) is 5.92 Å². The summed E-state index contributed by atoms with van der Waals surface area (Å²) in [6.45, 7) is 2.40. The molecule has 1 aliphatic rings. The Hall–Kier alpha value is -1.63. The quantitative estimate of drug-likeness (QED) is 0.791. The molecule has 7 heteroatoms. The number of nitrogens with zero attached hydrogens (tertiary/aromatic N) is 1. The molecule has 3 N–H and O–H groups in total. The van der Waals surface area contributed by atoms with Crippen LogP contribution in [0.3, 0.4) is 0 Å². The zero-order valence-corrected chi connectivity index (χ0v) is 12.2. The van der Waals surface area contributed by atoms with Crippen LogP contribution < -0.4 is 10.6 Å². The number of thiazole rings is 1. The number of aromatic nitrogens is 1. The molecule has 2 amide bonds. The average molecular weight is 297 g/mol. The lowest BCUT2D eigenvalue weighted by atomic mass is 9.86. The van der Waals surface area contributed by atoms with Gasteiger partial charge in [0.25, 0.3) is 0 Å². The summed E-state index contributed by atoms with van der Waals surface area (Å²) in [7, 11) is 0. The summed E-state index contributed by atoms with van der Waals surface area (Å²) in [5.74, 6) is -0.982. The third-order valence-electron chi connectivity index (χ3n) is 3.50. The normalized spacial score (nSPS) is 22.2. The first-order valence-electron chi connectivity index (χ1n) is 6.73. The van der Waals surface area contributed by atoms with Gasteiger partial charge >= 0.3 is 12.0 Å². The highest BCUT2D eigenvalue weighted by Gasteiger charge is 2.26. The number of urea groups is 1. The van der Waals surface area contributed by atoms with Crippen LogP contribution in [0.5, 0.6) is 0 Å². The van der Waals surface area contributed by atoms with Gasteiger partial charge in [-0.25, -0.2) is 9.78 Å². The third-order valence-corrected chi connectivity index (χ3v) is 4.42. The van der Waals surface area contributed by atoms with Gasteiger partial charge in [0.1, 0.15) is 0 Å². The van der Waals surface area contributed by atoms with Crippen molar-refractivity contribution in [3.8, 4) is 0 Å². The lowest BCUT2D eigenvalue weighted by Gasteiger charge is -2.26. The van der Waals surface area contributed by atoms with E-state index in [0.29, 0.717) is 19.4 Å². The summed E-state index contributed by atoms with van der Waals surface area (Å²) >= 11 is 1.56. The standard InChI is InChI=1S/C13H19N3O3S/c1-8-14-6-11(20-8)7-15-13(19)16-10-4-2-9(3-5-10)12(17)18/h6,9-10H,2-5,7H2,1H3,(H,17,18)(H2,15,16,19). The van der Waals surface area contributed by atoms with E-state index in [4.69, 9.17) is 5.11 Å². The van der Waals surface area contributed by atoms with Gasteiger partial charge in [-0.15, -0.1) is 11.3 Å². The topological polar surface area (TPSA) is 91.3 Å². The maximum absolute atomic E-state index is 11.8. The summed E-state index contributed by atoms with van der Waals surface area (Å²) in [5, 5.41) is 15.6. The highest BCUT2D eigenvalue weighted by atomic mass is 32.1. The lowest BCUT2D eigenvalue weighted by molar-refractivity contribution is -0.142. The third kappa shape index (κ3) is 4.19. The van der Waals surface area contributed by atoms with E-state index >= 15 is 0 Å². The van der Waals surface area contributed by atoms with E-state index in [1.807, 2.05) is 6.92 Å². The molecule has 0 aromatic carbocycles. The highest BCUT2D eigenvalue weighted by Crippen LogP contribution is 2.24. The minimum atomic E-state index is -0.728. The van der Waals surface area contributed by atoms with E-state index in [1.54, 1.807) is 17.5 Å². The molecular weight excluding hydrogens is 278 g/mol. The van der Waals surface area contributed by atoms with E-state index in [2.05, 4.69) is 15.6 Å². The number of amides is 2. The van der Waals surface area contributed by atoms with Gasteiger partial charge in [-0.1, -0.05) is 0 Å². The highest BCUT2D eigenvalue weighted by molar-refractivity contribution is 7.11. The molecule has 1 aromatic rings. The molecule has 0 bridgehead atoms. The van der Waals surface area contributed by atoms with E-state index in [-0.39, 0.29) is 18.0 Å². The van der Waals surface area contributed by atoms with Crippen LogP contribution in [0.1, 0.15) is 35.6 Å². The van der Waals surface area contributed by atoms with Crippen LogP contribution in [0.15, 0.2) is 6.20 Å². The molecule has 1 aliphatic carbocycles. The predicted molar refractivity (Wildman–Crippen MR) is 75.6 cm³/mol. The maximum atomic E-state index is 11.8. The van der Waals surface area contributed by atoms with Crippen molar-refractivity contribution in [2.45, 2.75) is 45.2 Å². The van der Waals surface area contributed by atoms with Crippen molar-refractivity contribution >= 4 is 23.3 Å². The number of aliphatic carboxylic acids is 1. The Morgan fingerprint density at radius 3 is 2.65 bits per heavy atom. The summed E-state index contributed by atoms with van der Waals surface area (Å²) < 4.78 is 0. The second kappa shape index (κ2) is 6.69. The van der Waals surface area contributed by atoms with Gasteiger partial charge in [-0.3, -0.25) is 4.79 Å². The SMILES string of the molecule is Cc1ncc(CNC(=O)NC2CCC(C(=O)O)CC2)s1. The predicted octanol–water partition coefficient (Wildman–Crippen LogP) is 1.89. The van der Waals surface area contributed by atoms with Crippen molar-refractivity contribution in [1.29, 1.82) is 0 Å². The largest absolute Gasteiger partial charge is 0.481 e. The molecule has 1 saturated carbocycles. The minimum absolute atomic E-state index is 0.0776. The van der Waals surface area contributed by atoms with Gasteiger partial charge in [0, 0.05) is 17.1 Å². The molecule has 110 valence electrons. The van der Waals surface area contributed by atoms with Crippen LogP contribution in [0.4, 0.5) is 4.79 Å². The molecule has 1 heterocycles. The first-order valence-corrected chi connectivity index (χ1v) is 7.54. The molecule has 0 unspecified atom stereocenters. The van der Waals surface area contributed by atoms with Gasteiger partial charge < -0.3 is 15.7 Å². The minimum Gasteiger partial charge on any atom is -0.481 e. The Morgan fingerprint density at radius 2 is 2.10 bits per heavy atom. The van der Waals surface area contributed by atoms with Crippen molar-refractivity contribution in [3.05, 3.63) is 16.1 Å². The van der Waals surface area contributed by atoms with Crippen molar-refractivity contribution in [1.82, 2.24) is 15.6 Å². The van der Waals surface area contributed by atoms with Crippen LogP contribution in [0.2, 0.25) is 0 Å². The number of carbonyl (C=O) groups is 2. The monoisotopic (exact) mass is 297 g/mol. The fourth-order valence-electron chi connectivity index (χ4n) is 2.38. The smallest absolute Gasteiger partial charge is 0.315 e. The van der Waals surface area contributed by atoms with Crippen LogP contribution >= 0.6 is 11.3 Å². The number of hydrogen-bond acceptors (Lipinski definition) is 4. The number of hydrogen-bond donors (Lipinski definition) is 3. The molecule has 6 nitrogen and oxygen atoms in total. The zero-order chi connectivity index (χ0) is 14.5. The number of nitrogens with one attached hydrogen (secondary N) is 2. The number of carbonyl (C=O) groups excluding carboxylic acids is 1. The van der Waals surface area contributed by atoms with Gasteiger partial charge in [-0.05, 0) is 32.6 Å². The molecule has 1 fully saturated rings. The fourth-order valence-corrected chi connectivity index (χ4v) is 3.11. The van der Waals surface area contributed by atoms with E-state index in [1.165, 1.54) is 0 Å². The molecule has 0 spiro atoms. The first kappa shape index (κ1) is 14.8. The zero-order valence-electron chi connectivity index (χ0n) is 11.4. The Kier molecular flexibility index (Phi) is 4.94. The second-order valence-electron chi connectivity index (χ2n) is 5.06. The van der Waals surface area contributed by atoms with Crippen molar-refractivity contribution < 1.29 is 14.7 Å². The molecule has 0 saturated heterocycles. The van der Waals surface area contributed by atoms with Gasteiger partial charge in [0.05, 0.1) is 17.5 Å². The Balaban J connectivity index is 1.69. The first-order chi connectivity index (χ1) is 9.54. The number of aryl methyl sites for hydroxylation is 1. The Labute approximate surface area is 121 Å². The van der Waals surface area contributed by atoms with E-state index in [9.17, 15) is 9.59 Å².